The Hall–Kier alpha value is -2.83. The molecule has 3 aromatic rings. The maximum Gasteiger partial charge on any atom is 0.253 e. The van der Waals surface area contributed by atoms with Gasteiger partial charge in [0.15, 0.2) is 6.29 Å². The lowest BCUT2D eigenvalue weighted by Crippen LogP contribution is -2.34. The van der Waals surface area contributed by atoms with Crippen LogP contribution in [0.3, 0.4) is 0 Å². The van der Waals surface area contributed by atoms with E-state index in [4.69, 9.17) is 16.3 Å². The monoisotopic (exact) mass is 554 g/mol. The van der Waals surface area contributed by atoms with Gasteiger partial charge in [0.05, 0.1) is 22.8 Å². The summed E-state index contributed by atoms with van der Waals surface area (Å²) in [6.07, 6.45) is 3.97. The molecule has 1 aliphatic rings. The Morgan fingerprint density at radius 3 is 2.57 bits per heavy atom. The van der Waals surface area contributed by atoms with Crippen molar-refractivity contribution in [3.63, 3.8) is 0 Å². The standard InChI is InChI=1S/C28H28BrClN2O3/c29-25-7-4-8-27(24(25)19-33)32-14-11-20(12-15-32)13-16-35-22-9-10-23(26(30)17-22)28(34)31-18-21-5-2-1-3-6-21/h1-10,17,19-20H,11-16,18H2,(H,31,34). The molecule has 0 aromatic heterocycles. The normalized spacial score (nSPS) is 13.9. The van der Waals surface area contributed by atoms with Crippen molar-refractivity contribution in [2.45, 2.75) is 25.8 Å². The summed E-state index contributed by atoms with van der Waals surface area (Å²) in [6, 6.07) is 20.8. The number of benzene rings is 3. The Kier molecular flexibility index (Phi) is 8.83. The zero-order valence-electron chi connectivity index (χ0n) is 19.4. The molecule has 4 rings (SSSR count). The molecule has 7 heteroatoms. The van der Waals surface area contributed by atoms with Gasteiger partial charge in [-0.3, -0.25) is 9.59 Å². The first-order valence-electron chi connectivity index (χ1n) is 11.8. The van der Waals surface area contributed by atoms with E-state index in [1.165, 1.54) is 0 Å². The third-order valence-corrected chi connectivity index (χ3v) is 7.38. The summed E-state index contributed by atoms with van der Waals surface area (Å²) in [6.45, 7) is 2.88. The number of carbonyl (C=O) groups excluding carboxylic acids is 2. The van der Waals surface area contributed by atoms with Crippen molar-refractivity contribution in [2.75, 3.05) is 24.6 Å². The Balaban J connectivity index is 1.23. The molecule has 0 bridgehead atoms. The van der Waals surface area contributed by atoms with Gasteiger partial charge in [0.1, 0.15) is 5.75 Å². The van der Waals surface area contributed by atoms with Crippen molar-refractivity contribution in [3.05, 3.63) is 92.9 Å². The quantitative estimate of drug-likeness (QED) is 0.305. The fraction of sp³-hybridized carbons (Fsp3) is 0.286. The van der Waals surface area contributed by atoms with Gasteiger partial charge in [0.25, 0.3) is 5.91 Å². The number of anilines is 1. The second kappa shape index (κ2) is 12.2. The topological polar surface area (TPSA) is 58.6 Å². The van der Waals surface area contributed by atoms with E-state index >= 15 is 0 Å². The first kappa shape index (κ1) is 25.3. The second-order valence-corrected chi connectivity index (χ2v) is 9.93. The number of amides is 1. The largest absolute Gasteiger partial charge is 0.494 e. The average molecular weight is 556 g/mol. The smallest absolute Gasteiger partial charge is 0.253 e. The van der Waals surface area contributed by atoms with Crippen LogP contribution in [-0.2, 0) is 6.54 Å². The van der Waals surface area contributed by atoms with Crippen molar-refractivity contribution in [1.29, 1.82) is 0 Å². The number of carbonyl (C=O) groups is 2. The molecular weight excluding hydrogens is 528 g/mol. The van der Waals surface area contributed by atoms with Crippen LogP contribution in [0.25, 0.3) is 0 Å². The van der Waals surface area contributed by atoms with E-state index in [9.17, 15) is 9.59 Å². The first-order valence-corrected chi connectivity index (χ1v) is 13.0. The molecule has 0 saturated carbocycles. The number of ether oxygens (including phenoxy) is 1. The van der Waals surface area contributed by atoms with Crippen molar-refractivity contribution in [3.8, 4) is 5.75 Å². The Morgan fingerprint density at radius 2 is 1.86 bits per heavy atom. The van der Waals surface area contributed by atoms with Crippen molar-refractivity contribution in [2.24, 2.45) is 5.92 Å². The van der Waals surface area contributed by atoms with Crippen LogP contribution >= 0.6 is 27.5 Å². The zero-order chi connectivity index (χ0) is 24.6. The summed E-state index contributed by atoms with van der Waals surface area (Å²) in [5.41, 5.74) is 3.17. The van der Waals surface area contributed by atoms with Gasteiger partial charge in [-0.05, 0) is 77.0 Å². The van der Waals surface area contributed by atoms with Gasteiger partial charge in [0, 0.05) is 29.8 Å². The van der Waals surface area contributed by atoms with Crippen molar-refractivity contribution in [1.82, 2.24) is 5.32 Å². The molecule has 0 aliphatic carbocycles. The predicted octanol–water partition coefficient (Wildman–Crippen LogP) is 6.53. The van der Waals surface area contributed by atoms with Crippen LogP contribution in [0.4, 0.5) is 5.69 Å². The molecule has 0 radical (unpaired) electrons. The number of hydrogen-bond donors (Lipinski definition) is 1. The lowest BCUT2D eigenvalue weighted by Gasteiger charge is -2.34. The van der Waals surface area contributed by atoms with E-state index in [0.29, 0.717) is 41.0 Å². The highest BCUT2D eigenvalue weighted by molar-refractivity contribution is 9.10. The lowest BCUT2D eigenvalue weighted by molar-refractivity contribution is 0.0950. The van der Waals surface area contributed by atoms with Gasteiger partial charge in [-0.25, -0.2) is 0 Å². The minimum absolute atomic E-state index is 0.208. The molecule has 1 amide bonds. The highest BCUT2D eigenvalue weighted by Gasteiger charge is 2.22. The summed E-state index contributed by atoms with van der Waals surface area (Å²) in [5.74, 6) is 1.02. The van der Waals surface area contributed by atoms with Crippen molar-refractivity contribution >= 4 is 45.4 Å². The van der Waals surface area contributed by atoms with Crippen LogP contribution in [0.1, 0.15) is 45.5 Å². The molecule has 1 N–H and O–H groups in total. The van der Waals surface area contributed by atoms with Crippen LogP contribution in [0, 0.1) is 5.92 Å². The summed E-state index contributed by atoms with van der Waals surface area (Å²) in [7, 11) is 0. The van der Waals surface area contributed by atoms with E-state index in [-0.39, 0.29) is 5.91 Å². The third kappa shape index (κ3) is 6.65. The van der Waals surface area contributed by atoms with Gasteiger partial charge < -0.3 is 15.0 Å². The van der Waals surface area contributed by atoms with Gasteiger partial charge in [-0.1, -0.05) is 48.0 Å². The predicted molar refractivity (Wildman–Crippen MR) is 144 cm³/mol. The van der Waals surface area contributed by atoms with Crippen LogP contribution in [-0.4, -0.2) is 31.9 Å². The molecule has 1 fully saturated rings. The van der Waals surface area contributed by atoms with Gasteiger partial charge in [-0.15, -0.1) is 0 Å². The van der Waals surface area contributed by atoms with Gasteiger partial charge in [0.2, 0.25) is 0 Å². The van der Waals surface area contributed by atoms with Gasteiger partial charge in [-0.2, -0.15) is 0 Å². The number of piperidine rings is 1. The highest BCUT2D eigenvalue weighted by Crippen LogP contribution is 2.31. The number of halogens is 2. The van der Waals surface area contributed by atoms with Crippen LogP contribution in [0.5, 0.6) is 5.75 Å². The highest BCUT2D eigenvalue weighted by atomic mass is 79.9. The van der Waals surface area contributed by atoms with E-state index in [1.54, 1.807) is 18.2 Å². The zero-order valence-corrected chi connectivity index (χ0v) is 21.7. The molecule has 5 nitrogen and oxygen atoms in total. The fourth-order valence-electron chi connectivity index (χ4n) is 4.37. The summed E-state index contributed by atoms with van der Waals surface area (Å²) < 4.78 is 6.77. The van der Waals surface area contributed by atoms with E-state index < -0.39 is 0 Å². The molecular formula is C28H28BrClN2O3. The molecule has 1 heterocycles. The average Bonchev–Trinajstić information content (AvgIpc) is 2.88. The van der Waals surface area contributed by atoms with Gasteiger partial charge >= 0.3 is 0 Å². The van der Waals surface area contributed by atoms with Crippen LogP contribution in [0.2, 0.25) is 5.02 Å². The summed E-state index contributed by atoms with van der Waals surface area (Å²) in [4.78, 5) is 26.3. The molecule has 35 heavy (non-hydrogen) atoms. The van der Waals surface area contributed by atoms with E-state index in [1.807, 2.05) is 48.5 Å². The van der Waals surface area contributed by atoms with Crippen molar-refractivity contribution < 1.29 is 14.3 Å². The number of nitrogens with zero attached hydrogens (tertiary/aromatic N) is 1. The van der Waals surface area contributed by atoms with Crippen LogP contribution in [0.15, 0.2) is 71.2 Å². The van der Waals surface area contributed by atoms with E-state index in [2.05, 4.69) is 26.1 Å². The molecule has 1 saturated heterocycles. The SMILES string of the molecule is O=Cc1c(Br)cccc1N1CCC(CCOc2ccc(C(=O)NCc3ccccc3)c(Cl)c2)CC1. The summed E-state index contributed by atoms with van der Waals surface area (Å²) >= 11 is 9.84. The fourth-order valence-corrected chi connectivity index (χ4v) is 5.07. The molecule has 1 aliphatic heterocycles. The molecule has 3 aromatic carbocycles. The third-order valence-electron chi connectivity index (χ3n) is 6.38. The van der Waals surface area contributed by atoms with Crippen LogP contribution < -0.4 is 15.0 Å². The maximum absolute atomic E-state index is 12.5. The lowest BCUT2D eigenvalue weighted by atomic mass is 9.93. The maximum atomic E-state index is 12.5. The Labute approximate surface area is 219 Å². The molecule has 0 unspecified atom stereocenters. The molecule has 182 valence electrons. The first-order chi connectivity index (χ1) is 17.0. The molecule has 0 spiro atoms. The number of hydrogen-bond acceptors (Lipinski definition) is 4. The van der Waals surface area contributed by atoms with E-state index in [0.717, 1.165) is 54.4 Å². The minimum atomic E-state index is -0.208. The minimum Gasteiger partial charge on any atom is -0.494 e. The number of rotatable bonds is 9. The number of aldehydes is 1. The number of nitrogens with one attached hydrogen (secondary N) is 1. The Morgan fingerprint density at radius 1 is 1.09 bits per heavy atom. The summed E-state index contributed by atoms with van der Waals surface area (Å²) in [5, 5.41) is 3.27. The molecule has 0 atom stereocenters. The Bertz CT molecular complexity index is 1160. The second-order valence-electron chi connectivity index (χ2n) is 8.67.